The van der Waals surface area contributed by atoms with Gasteiger partial charge in [-0.15, -0.1) is 0 Å². The molecule has 3 fully saturated rings. The summed E-state index contributed by atoms with van der Waals surface area (Å²) in [6, 6.07) is 0.302. The lowest BCUT2D eigenvalue weighted by Crippen LogP contribution is -2.47. The van der Waals surface area contributed by atoms with Gasteiger partial charge in [-0.2, -0.15) is 0 Å². The topological polar surface area (TPSA) is 69.2 Å². The maximum absolute atomic E-state index is 12.6. The van der Waals surface area contributed by atoms with Gasteiger partial charge in [-0.25, -0.2) is 0 Å². The summed E-state index contributed by atoms with van der Waals surface area (Å²) in [6.45, 7) is 9.69. The van der Waals surface area contributed by atoms with Crippen molar-refractivity contribution in [2.24, 2.45) is 16.8 Å². The molecule has 2 aliphatic heterocycles. The van der Waals surface area contributed by atoms with Crippen LogP contribution in [0.2, 0.25) is 0 Å². The van der Waals surface area contributed by atoms with Crippen LogP contribution in [0.3, 0.4) is 0 Å². The van der Waals surface area contributed by atoms with Gasteiger partial charge in [0.25, 0.3) is 0 Å². The number of rotatable bonds is 6. The van der Waals surface area contributed by atoms with Crippen LogP contribution in [0.25, 0.3) is 0 Å². The maximum Gasteiger partial charge on any atom is 0.225 e. The Morgan fingerprint density at radius 1 is 1.19 bits per heavy atom. The third-order valence-corrected chi connectivity index (χ3v) is 6.06. The quantitative estimate of drug-likeness (QED) is 0.530. The van der Waals surface area contributed by atoms with Crippen molar-refractivity contribution in [1.29, 1.82) is 0 Å². The molecule has 2 atom stereocenters. The normalized spacial score (nSPS) is 26.4. The molecule has 154 valence electrons. The van der Waals surface area contributed by atoms with Crippen molar-refractivity contribution in [1.82, 2.24) is 20.4 Å². The Balaban J connectivity index is 1.36. The van der Waals surface area contributed by atoms with Crippen molar-refractivity contribution in [3.05, 3.63) is 0 Å². The Labute approximate surface area is 163 Å². The first-order chi connectivity index (χ1) is 13.2. The summed E-state index contributed by atoms with van der Waals surface area (Å²) in [7, 11) is 1.82. The van der Waals surface area contributed by atoms with Crippen LogP contribution in [-0.2, 0) is 9.53 Å². The number of guanidine groups is 1. The lowest BCUT2D eigenvalue weighted by Gasteiger charge is -2.29. The van der Waals surface area contributed by atoms with Crippen molar-refractivity contribution >= 4 is 11.9 Å². The summed E-state index contributed by atoms with van der Waals surface area (Å²) in [5, 5.41) is 6.97. The Morgan fingerprint density at radius 2 is 1.93 bits per heavy atom. The fourth-order valence-electron chi connectivity index (χ4n) is 4.46. The Hall–Kier alpha value is -1.34. The number of amides is 1. The van der Waals surface area contributed by atoms with Crippen LogP contribution in [0.4, 0.5) is 0 Å². The summed E-state index contributed by atoms with van der Waals surface area (Å²) in [6.07, 6.45) is 5.59. The van der Waals surface area contributed by atoms with Gasteiger partial charge in [0.2, 0.25) is 5.91 Å². The fraction of sp³-hybridized carbons (Fsp3) is 0.900. The van der Waals surface area contributed by atoms with E-state index in [9.17, 15) is 4.79 Å². The van der Waals surface area contributed by atoms with Gasteiger partial charge in [-0.1, -0.05) is 19.8 Å². The molecule has 2 saturated heterocycles. The molecule has 0 aromatic heterocycles. The van der Waals surface area contributed by atoms with E-state index in [4.69, 9.17) is 4.74 Å². The lowest BCUT2D eigenvalue weighted by molar-refractivity contribution is -0.134. The first-order valence-corrected chi connectivity index (χ1v) is 10.7. The number of carbonyl (C=O) groups is 1. The van der Waals surface area contributed by atoms with Gasteiger partial charge in [-0.3, -0.25) is 14.7 Å². The molecule has 0 aromatic rings. The molecular weight excluding hydrogens is 342 g/mol. The maximum atomic E-state index is 12.6. The Bertz CT molecular complexity index is 501. The van der Waals surface area contributed by atoms with E-state index < -0.39 is 0 Å². The molecule has 1 saturated carbocycles. The molecule has 0 bridgehead atoms. The van der Waals surface area contributed by atoms with E-state index in [0.717, 1.165) is 77.7 Å². The number of carbonyl (C=O) groups excluding carboxylic acids is 1. The van der Waals surface area contributed by atoms with Crippen molar-refractivity contribution in [3.63, 3.8) is 0 Å². The molecule has 1 amide bonds. The van der Waals surface area contributed by atoms with Crippen LogP contribution in [0, 0.1) is 11.8 Å². The van der Waals surface area contributed by atoms with Crippen LogP contribution in [0.15, 0.2) is 4.99 Å². The molecule has 7 nitrogen and oxygen atoms in total. The molecular formula is C20H37N5O2. The molecule has 0 spiro atoms. The highest BCUT2D eigenvalue weighted by atomic mass is 16.5. The standard InChI is InChI=1S/C20H37N5O2/c1-16(14-24-9-11-27-12-10-24)13-22-20(21-2)23-18-7-8-25(15-18)19(26)17-5-3-4-6-17/h16-18H,3-15H2,1-2H3,(H2,21,22,23). The van der Waals surface area contributed by atoms with E-state index >= 15 is 0 Å². The van der Waals surface area contributed by atoms with Gasteiger partial charge in [-0.05, 0) is 25.2 Å². The number of ether oxygens (including phenoxy) is 1. The average molecular weight is 380 g/mol. The van der Waals surface area contributed by atoms with Crippen LogP contribution in [0.1, 0.15) is 39.0 Å². The van der Waals surface area contributed by atoms with Crippen LogP contribution >= 0.6 is 0 Å². The highest BCUT2D eigenvalue weighted by Gasteiger charge is 2.32. The third-order valence-electron chi connectivity index (χ3n) is 6.06. The van der Waals surface area contributed by atoms with Crippen LogP contribution < -0.4 is 10.6 Å². The van der Waals surface area contributed by atoms with E-state index in [1.54, 1.807) is 0 Å². The minimum atomic E-state index is 0.280. The Morgan fingerprint density at radius 3 is 2.63 bits per heavy atom. The van der Waals surface area contributed by atoms with E-state index in [1.165, 1.54) is 12.8 Å². The predicted molar refractivity (Wildman–Crippen MR) is 108 cm³/mol. The van der Waals surface area contributed by atoms with Crippen molar-refractivity contribution < 1.29 is 9.53 Å². The molecule has 2 N–H and O–H groups in total. The monoisotopic (exact) mass is 379 g/mol. The summed E-state index contributed by atoms with van der Waals surface area (Å²) in [4.78, 5) is 21.5. The molecule has 1 aliphatic carbocycles. The first-order valence-electron chi connectivity index (χ1n) is 10.7. The predicted octanol–water partition coefficient (Wildman–Crippen LogP) is 0.911. The zero-order valence-electron chi connectivity index (χ0n) is 17.1. The number of aliphatic imine (C=N–C) groups is 1. The van der Waals surface area contributed by atoms with Gasteiger partial charge in [0.1, 0.15) is 0 Å². The SMILES string of the molecule is CN=C(NCC(C)CN1CCOCC1)NC1CCN(C(=O)C2CCCC2)C1. The number of morpholine rings is 1. The zero-order chi connectivity index (χ0) is 19.1. The van der Waals surface area contributed by atoms with Gasteiger partial charge < -0.3 is 20.3 Å². The number of nitrogens with one attached hydrogen (secondary N) is 2. The second-order valence-corrected chi connectivity index (χ2v) is 8.37. The van der Waals surface area contributed by atoms with Crippen LogP contribution in [-0.4, -0.2) is 87.2 Å². The second-order valence-electron chi connectivity index (χ2n) is 8.37. The number of nitrogens with zero attached hydrogens (tertiary/aromatic N) is 3. The minimum absolute atomic E-state index is 0.280. The lowest BCUT2D eigenvalue weighted by atomic mass is 10.1. The summed E-state index contributed by atoms with van der Waals surface area (Å²) in [5.74, 6) is 2.05. The molecule has 2 heterocycles. The van der Waals surface area contributed by atoms with Crippen molar-refractivity contribution in [2.45, 2.75) is 45.1 Å². The van der Waals surface area contributed by atoms with Gasteiger partial charge >= 0.3 is 0 Å². The van der Waals surface area contributed by atoms with Crippen molar-refractivity contribution in [2.75, 3.05) is 59.5 Å². The fourth-order valence-corrected chi connectivity index (χ4v) is 4.46. The third kappa shape index (κ3) is 6.07. The smallest absolute Gasteiger partial charge is 0.225 e. The Kier molecular flexibility index (Phi) is 7.76. The zero-order valence-corrected chi connectivity index (χ0v) is 17.1. The average Bonchev–Trinajstić information content (AvgIpc) is 3.37. The van der Waals surface area contributed by atoms with Crippen molar-refractivity contribution in [3.8, 4) is 0 Å². The first kappa shape index (κ1) is 20.4. The molecule has 3 aliphatic rings. The largest absolute Gasteiger partial charge is 0.379 e. The van der Waals surface area contributed by atoms with Gasteiger partial charge in [0.05, 0.1) is 13.2 Å². The number of hydrogen-bond donors (Lipinski definition) is 2. The summed E-state index contributed by atoms with van der Waals surface area (Å²) < 4.78 is 5.41. The molecule has 3 rings (SSSR count). The molecule has 0 aromatic carbocycles. The summed E-state index contributed by atoms with van der Waals surface area (Å²) >= 11 is 0. The summed E-state index contributed by atoms with van der Waals surface area (Å²) in [5.41, 5.74) is 0. The molecule has 0 radical (unpaired) electrons. The highest BCUT2D eigenvalue weighted by molar-refractivity contribution is 5.81. The van der Waals surface area contributed by atoms with E-state index in [-0.39, 0.29) is 5.92 Å². The molecule has 2 unspecified atom stereocenters. The minimum Gasteiger partial charge on any atom is -0.379 e. The molecule has 27 heavy (non-hydrogen) atoms. The number of likely N-dealkylation sites (tertiary alicyclic amines) is 1. The molecule has 7 heteroatoms. The second kappa shape index (κ2) is 10.3. The highest BCUT2D eigenvalue weighted by Crippen LogP contribution is 2.27. The van der Waals surface area contributed by atoms with Gasteiger partial charge in [0, 0.05) is 58.3 Å². The van der Waals surface area contributed by atoms with E-state index in [0.29, 0.717) is 17.9 Å². The number of hydrogen-bond acceptors (Lipinski definition) is 4. The van der Waals surface area contributed by atoms with Crippen LogP contribution in [0.5, 0.6) is 0 Å². The van der Waals surface area contributed by atoms with E-state index in [2.05, 4.69) is 32.3 Å². The van der Waals surface area contributed by atoms with Gasteiger partial charge in [0.15, 0.2) is 5.96 Å². The van der Waals surface area contributed by atoms with E-state index in [1.807, 2.05) is 7.05 Å².